The van der Waals surface area contributed by atoms with Crippen molar-refractivity contribution in [1.82, 2.24) is 20.2 Å². The zero-order valence-electron chi connectivity index (χ0n) is 13.9. The summed E-state index contributed by atoms with van der Waals surface area (Å²) in [5, 5.41) is 11.7. The van der Waals surface area contributed by atoms with Crippen molar-refractivity contribution in [2.45, 2.75) is 33.1 Å². The molecule has 0 radical (unpaired) electrons. The van der Waals surface area contributed by atoms with Crippen LogP contribution in [-0.4, -0.2) is 33.3 Å². The van der Waals surface area contributed by atoms with E-state index in [1.165, 1.54) is 24.5 Å². The van der Waals surface area contributed by atoms with Gasteiger partial charge in [0.2, 0.25) is 0 Å². The first-order valence-electron chi connectivity index (χ1n) is 7.76. The third kappa shape index (κ3) is 3.52. The number of carbonyl (C=O) groups is 1. The molecule has 0 aliphatic rings. The van der Waals surface area contributed by atoms with E-state index < -0.39 is 5.97 Å². The number of tetrazole rings is 1. The highest BCUT2D eigenvalue weighted by Gasteiger charge is 2.22. The minimum Gasteiger partial charge on any atom is -0.453 e. The number of fused-ring (bicyclic) bond motifs is 1. The molecule has 0 atom stereocenters. The maximum atomic E-state index is 14.2. The van der Waals surface area contributed by atoms with Crippen molar-refractivity contribution in [2.75, 3.05) is 7.11 Å². The molecule has 1 aromatic carbocycles. The molecule has 2 aromatic heterocycles. The first-order chi connectivity index (χ1) is 12.2. The van der Waals surface area contributed by atoms with Crippen LogP contribution in [0.15, 0.2) is 18.2 Å². The topological polar surface area (TPSA) is 79.1 Å². The van der Waals surface area contributed by atoms with Crippen LogP contribution in [-0.2, 0) is 29.2 Å². The fraction of sp³-hybridized carbons (Fsp3) is 0.375. The number of aromatic nitrogens is 4. The number of benzene rings is 1. The van der Waals surface area contributed by atoms with Gasteiger partial charge >= 0.3 is 5.97 Å². The van der Waals surface area contributed by atoms with Crippen LogP contribution in [0, 0.1) is 5.82 Å². The minimum absolute atomic E-state index is 0.0466. The van der Waals surface area contributed by atoms with Gasteiger partial charge in [0.05, 0.1) is 6.61 Å². The highest BCUT2D eigenvalue weighted by molar-refractivity contribution is 7.21. The summed E-state index contributed by atoms with van der Waals surface area (Å²) in [6.45, 7) is 2.72. The van der Waals surface area contributed by atoms with Crippen LogP contribution in [0.5, 0.6) is 0 Å². The van der Waals surface area contributed by atoms with E-state index in [-0.39, 0.29) is 19.0 Å². The summed E-state index contributed by atoms with van der Waals surface area (Å²) in [4.78, 5) is 12.8. The smallest absolute Gasteiger partial charge is 0.349 e. The number of ether oxygens (including phenoxy) is 2. The molecule has 0 N–H and O–H groups in total. The lowest BCUT2D eigenvalue weighted by Crippen LogP contribution is -2.11. The van der Waals surface area contributed by atoms with E-state index in [2.05, 4.69) is 15.5 Å². The average Bonchev–Trinajstić information content (AvgIpc) is 3.19. The van der Waals surface area contributed by atoms with Gasteiger partial charge in [-0.15, -0.1) is 16.4 Å². The number of rotatable bonds is 7. The summed E-state index contributed by atoms with van der Waals surface area (Å²) in [5.74, 6) is -0.457. The van der Waals surface area contributed by atoms with Gasteiger partial charge in [-0.2, -0.15) is 0 Å². The van der Waals surface area contributed by atoms with Crippen molar-refractivity contribution in [1.29, 1.82) is 0 Å². The number of halogens is 1. The van der Waals surface area contributed by atoms with Gasteiger partial charge in [0.25, 0.3) is 0 Å². The van der Waals surface area contributed by atoms with Crippen molar-refractivity contribution in [3.63, 3.8) is 0 Å². The van der Waals surface area contributed by atoms with Gasteiger partial charge in [0.1, 0.15) is 10.7 Å². The Bertz CT molecular complexity index is 893. The largest absolute Gasteiger partial charge is 0.453 e. The Hall–Kier alpha value is -2.39. The molecule has 0 amide bonds. The molecule has 3 aromatic rings. The lowest BCUT2D eigenvalue weighted by Gasteiger charge is -2.06. The monoisotopic (exact) mass is 364 g/mol. The van der Waals surface area contributed by atoms with Gasteiger partial charge in [-0.3, -0.25) is 0 Å². The van der Waals surface area contributed by atoms with Crippen LogP contribution in [0.4, 0.5) is 4.39 Å². The summed E-state index contributed by atoms with van der Waals surface area (Å²) < 4.78 is 26.9. The standard InChI is InChI=1S/C16H17FN4O3S/c1-3-7-21-13(18-19-20-21)9-24-16(22)15-10(8-23-2)14-11(17)5-4-6-12(14)25-15/h4-6H,3,7-9H2,1-2H3. The van der Waals surface area contributed by atoms with Gasteiger partial charge < -0.3 is 9.47 Å². The molecule has 9 heteroatoms. The fourth-order valence-electron chi connectivity index (χ4n) is 2.52. The minimum atomic E-state index is -0.543. The second-order valence-electron chi connectivity index (χ2n) is 5.35. The van der Waals surface area contributed by atoms with E-state index in [1.54, 1.807) is 16.8 Å². The molecule has 0 spiro atoms. The fourth-order valence-corrected chi connectivity index (χ4v) is 3.64. The molecular formula is C16H17FN4O3S. The molecule has 132 valence electrons. The molecule has 0 fully saturated rings. The quantitative estimate of drug-likeness (QED) is 0.600. The Morgan fingerprint density at radius 1 is 1.36 bits per heavy atom. The molecule has 0 saturated carbocycles. The van der Waals surface area contributed by atoms with Gasteiger partial charge in [-0.05, 0) is 29.0 Å². The summed E-state index contributed by atoms with van der Waals surface area (Å²) in [6.07, 6.45) is 0.861. The SMILES string of the molecule is CCCn1nnnc1COC(=O)c1sc2cccc(F)c2c1COC. The Kier molecular flexibility index (Phi) is 5.34. The van der Waals surface area contributed by atoms with E-state index in [4.69, 9.17) is 9.47 Å². The number of hydrogen-bond acceptors (Lipinski definition) is 7. The second kappa shape index (κ2) is 7.66. The second-order valence-corrected chi connectivity index (χ2v) is 6.40. The zero-order valence-corrected chi connectivity index (χ0v) is 14.7. The number of nitrogens with zero attached hydrogens (tertiary/aromatic N) is 4. The lowest BCUT2D eigenvalue weighted by molar-refractivity contribution is 0.0458. The Labute approximate surface area is 147 Å². The number of carbonyl (C=O) groups excluding carboxylic acids is 1. The highest BCUT2D eigenvalue weighted by Crippen LogP contribution is 2.34. The molecule has 7 nitrogen and oxygen atoms in total. The van der Waals surface area contributed by atoms with Crippen LogP contribution in [0.2, 0.25) is 0 Å². The first kappa shape index (κ1) is 17.4. The van der Waals surface area contributed by atoms with Crippen LogP contribution in [0.3, 0.4) is 0 Å². The van der Waals surface area contributed by atoms with E-state index >= 15 is 0 Å². The van der Waals surface area contributed by atoms with Crippen molar-refractivity contribution in [3.8, 4) is 0 Å². The third-order valence-corrected chi connectivity index (χ3v) is 4.79. The molecule has 0 unspecified atom stereocenters. The normalized spacial score (nSPS) is 11.2. The zero-order chi connectivity index (χ0) is 17.8. The molecule has 0 aliphatic heterocycles. The van der Waals surface area contributed by atoms with Gasteiger partial charge in [0.15, 0.2) is 12.4 Å². The van der Waals surface area contributed by atoms with E-state index in [9.17, 15) is 9.18 Å². The number of methoxy groups -OCH3 is 1. The third-order valence-electron chi connectivity index (χ3n) is 3.61. The Morgan fingerprint density at radius 2 is 2.20 bits per heavy atom. The number of esters is 1. The van der Waals surface area contributed by atoms with E-state index in [0.717, 1.165) is 6.42 Å². The predicted octanol–water partition coefficient (Wildman–Crippen LogP) is 2.94. The number of aryl methyl sites for hydroxylation is 1. The molecule has 0 bridgehead atoms. The molecule has 0 saturated heterocycles. The first-order valence-corrected chi connectivity index (χ1v) is 8.58. The molecule has 25 heavy (non-hydrogen) atoms. The molecule has 0 aliphatic carbocycles. The molecule has 3 rings (SSSR count). The van der Waals surface area contributed by atoms with Crippen molar-refractivity contribution < 1.29 is 18.7 Å². The number of hydrogen-bond donors (Lipinski definition) is 0. The van der Waals surface area contributed by atoms with Crippen molar-refractivity contribution in [2.24, 2.45) is 0 Å². The summed E-state index contributed by atoms with van der Waals surface area (Å²) >= 11 is 1.18. The van der Waals surface area contributed by atoms with Gasteiger partial charge in [0, 0.05) is 29.3 Å². The molecule has 2 heterocycles. The van der Waals surface area contributed by atoms with Crippen LogP contribution in [0.25, 0.3) is 10.1 Å². The van der Waals surface area contributed by atoms with E-state index in [1.807, 2.05) is 6.92 Å². The van der Waals surface area contributed by atoms with Crippen molar-refractivity contribution in [3.05, 3.63) is 40.3 Å². The molecular weight excluding hydrogens is 347 g/mol. The average molecular weight is 364 g/mol. The summed E-state index contributed by atoms with van der Waals surface area (Å²) in [6, 6.07) is 4.74. The van der Waals surface area contributed by atoms with Crippen LogP contribution >= 0.6 is 11.3 Å². The summed E-state index contributed by atoms with van der Waals surface area (Å²) in [7, 11) is 1.50. The van der Waals surface area contributed by atoms with E-state index in [0.29, 0.717) is 32.9 Å². The predicted molar refractivity (Wildman–Crippen MR) is 89.7 cm³/mol. The Balaban J connectivity index is 1.85. The van der Waals surface area contributed by atoms with Crippen LogP contribution < -0.4 is 0 Å². The maximum Gasteiger partial charge on any atom is 0.349 e. The Morgan fingerprint density at radius 3 is 2.96 bits per heavy atom. The van der Waals surface area contributed by atoms with Crippen molar-refractivity contribution >= 4 is 27.4 Å². The van der Waals surface area contributed by atoms with Crippen LogP contribution in [0.1, 0.15) is 34.4 Å². The lowest BCUT2D eigenvalue weighted by atomic mass is 10.1. The summed E-state index contributed by atoms with van der Waals surface area (Å²) in [5.41, 5.74) is 0.499. The van der Waals surface area contributed by atoms with Gasteiger partial charge in [-0.1, -0.05) is 13.0 Å². The maximum absolute atomic E-state index is 14.2. The van der Waals surface area contributed by atoms with Gasteiger partial charge in [-0.25, -0.2) is 13.9 Å². The highest BCUT2D eigenvalue weighted by atomic mass is 32.1. The number of thiophene rings is 1.